The highest BCUT2D eigenvalue weighted by Crippen LogP contribution is 2.29. The third-order valence-corrected chi connectivity index (χ3v) is 3.43. The number of halogens is 1. The van der Waals surface area contributed by atoms with Gasteiger partial charge in [-0.25, -0.2) is 0 Å². The van der Waals surface area contributed by atoms with Crippen molar-refractivity contribution in [2.75, 3.05) is 5.32 Å². The molecule has 18 heavy (non-hydrogen) atoms. The molecule has 1 unspecified atom stereocenters. The highest BCUT2D eigenvalue weighted by Gasteiger charge is 2.10. The van der Waals surface area contributed by atoms with Gasteiger partial charge in [0.2, 0.25) is 0 Å². The molecule has 2 aromatic carbocycles. The minimum atomic E-state index is -0.0364. The molecular formula is C14H14INO2. The molecule has 0 heterocycles. The Morgan fingerprint density at radius 2 is 1.72 bits per heavy atom. The number of nitrogens with one attached hydrogen (secondary N) is 1. The Labute approximate surface area is 120 Å². The van der Waals surface area contributed by atoms with Crippen LogP contribution >= 0.6 is 22.6 Å². The number of phenolic OH excluding ortho intramolecular Hbond substituents is 2. The van der Waals surface area contributed by atoms with Crippen molar-refractivity contribution in [1.82, 2.24) is 0 Å². The minimum absolute atomic E-state index is 0.0364. The lowest BCUT2D eigenvalue weighted by atomic mass is 10.1. The molecule has 0 aromatic heterocycles. The summed E-state index contributed by atoms with van der Waals surface area (Å²) in [5, 5.41) is 22.3. The number of benzene rings is 2. The van der Waals surface area contributed by atoms with Gasteiger partial charge in [0.1, 0.15) is 11.5 Å². The Bertz CT molecular complexity index is 540. The number of hydrogen-bond donors (Lipinski definition) is 3. The number of aromatic hydroxyl groups is 2. The SMILES string of the molecule is CC(Nc1ccc(I)cc1)c1ccc(O)cc1O. The van der Waals surface area contributed by atoms with Crippen LogP contribution in [0.25, 0.3) is 0 Å². The molecule has 0 saturated heterocycles. The van der Waals surface area contributed by atoms with Crippen LogP contribution < -0.4 is 5.32 Å². The zero-order valence-corrected chi connectivity index (χ0v) is 12.0. The summed E-state index contributed by atoms with van der Waals surface area (Å²) in [4.78, 5) is 0. The first-order valence-corrected chi connectivity index (χ1v) is 6.68. The summed E-state index contributed by atoms with van der Waals surface area (Å²) in [5.74, 6) is 0.165. The van der Waals surface area contributed by atoms with E-state index >= 15 is 0 Å². The lowest BCUT2D eigenvalue weighted by molar-refractivity contribution is 0.444. The van der Waals surface area contributed by atoms with Gasteiger partial charge in [0.05, 0.1) is 6.04 Å². The maximum atomic E-state index is 9.78. The molecule has 0 saturated carbocycles. The van der Waals surface area contributed by atoms with E-state index in [0.29, 0.717) is 0 Å². The van der Waals surface area contributed by atoms with Gasteiger partial charge in [-0.2, -0.15) is 0 Å². The van der Waals surface area contributed by atoms with Crippen molar-refractivity contribution in [1.29, 1.82) is 0 Å². The molecule has 3 nitrogen and oxygen atoms in total. The van der Waals surface area contributed by atoms with Crippen molar-refractivity contribution >= 4 is 28.3 Å². The second-order valence-electron chi connectivity index (χ2n) is 4.12. The van der Waals surface area contributed by atoms with Crippen molar-refractivity contribution in [3.05, 3.63) is 51.6 Å². The average Bonchev–Trinajstić information content (AvgIpc) is 2.32. The van der Waals surface area contributed by atoms with E-state index in [9.17, 15) is 10.2 Å². The van der Waals surface area contributed by atoms with Crippen LogP contribution in [0.3, 0.4) is 0 Å². The number of rotatable bonds is 3. The molecule has 4 heteroatoms. The van der Waals surface area contributed by atoms with Crippen LogP contribution in [-0.2, 0) is 0 Å². The number of hydrogen-bond acceptors (Lipinski definition) is 3. The quantitative estimate of drug-likeness (QED) is 0.733. The average molecular weight is 355 g/mol. The fraction of sp³-hybridized carbons (Fsp3) is 0.143. The summed E-state index contributed by atoms with van der Waals surface area (Å²) in [7, 11) is 0. The Balaban J connectivity index is 2.16. The molecule has 3 N–H and O–H groups in total. The van der Waals surface area contributed by atoms with E-state index in [1.165, 1.54) is 9.64 Å². The Kier molecular flexibility index (Phi) is 3.96. The molecule has 2 rings (SSSR count). The summed E-state index contributed by atoms with van der Waals surface area (Å²) < 4.78 is 1.18. The Morgan fingerprint density at radius 1 is 1.06 bits per heavy atom. The summed E-state index contributed by atoms with van der Waals surface area (Å²) >= 11 is 2.26. The van der Waals surface area contributed by atoms with Crippen molar-refractivity contribution in [3.8, 4) is 11.5 Å². The molecule has 0 aliphatic rings. The van der Waals surface area contributed by atoms with Crippen LogP contribution in [0.1, 0.15) is 18.5 Å². The maximum Gasteiger partial charge on any atom is 0.124 e. The van der Waals surface area contributed by atoms with E-state index < -0.39 is 0 Å². The predicted octanol–water partition coefficient (Wildman–Crippen LogP) is 3.88. The lowest BCUT2D eigenvalue weighted by Gasteiger charge is -2.17. The van der Waals surface area contributed by atoms with Crippen LogP contribution in [0, 0.1) is 3.57 Å². The largest absolute Gasteiger partial charge is 0.508 e. The van der Waals surface area contributed by atoms with Gasteiger partial charge >= 0.3 is 0 Å². The molecule has 0 spiro atoms. The number of anilines is 1. The van der Waals surface area contributed by atoms with Gasteiger partial charge in [0.15, 0.2) is 0 Å². The first-order chi connectivity index (χ1) is 8.56. The third kappa shape index (κ3) is 3.07. The van der Waals surface area contributed by atoms with Gasteiger partial charge in [-0.15, -0.1) is 0 Å². The van der Waals surface area contributed by atoms with Gasteiger partial charge < -0.3 is 15.5 Å². The van der Waals surface area contributed by atoms with Crippen molar-refractivity contribution in [2.45, 2.75) is 13.0 Å². The first kappa shape index (κ1) is 13.0. The third-order valence-electron chi connectivity index (χ3n) is 2.71. The summed E-state index contributed by atoms with van der Waals surface area (Å²) in [6, 6.07) is 12.6. The maximum absolute atomic E-state index is 9.78. The van der Waals surface area contributed by atoms with E-state index in [4.69, 9.17) is 0 Å². The second-order valence-corrected chi connectivity index (χ2v) is 5.36. The first-order valence-electron chi connectivity index (χ1n) is 5.60. The fourth-order valence-corrected chi connectivity index (χ4v) is 2.13. The molecule has 94 valence electrons. The van der Waals surface area contributed by atoms with Gasteiger partial charge in [-0.3, -0.25) is 0 Å². The van der Waals surface area contributed by atoms with E-state index in [1.807, 2.05) is 31.2 Å². The smallest absolute Gasteiger partial charge is 0.124 e. The second kappa shape index (κ2) is 5.48. The molecule has 0 fully saturated rings. The normalized spacial score (nSPS) is 12.1. The standard InChI is InChI=1S/C14H14INO2/c1-9(13-7-6-12(17)8-14(13)18)16-11-4-2-10(15)3-5-11/h2-9,16-18H,1H3. The molecule has 0 aliphatic carbocycles. The highest BCUT2D eigenvalue weighted by atomic mass is 127. The monoisotopic (exact) mass is 355 g/mol. The van der Waals surface area contributed by atoms with E-state index in [-0.39, 0.29) is 17.5 Å². The predicted molar refractivity (Wildman–Crippen MR) is 81.0 cm³/mol. The van der Waals surface area contributed by atoms with Crippen LogP contribution in [-0.4, -0.2) is 10.2 Å². The van der Waals surface area contributed by atoms with E-state index in [1.54, 1.807) is 12.1 Å². The van der Waals surface area contributed by atoms with Gasteiger partial charge in [0.25, 0.3) is 0 Å². The van der Waals surface area contributed by atoms with Gasteiger partial charge in [-0.1, -0.05) is 0 Å². The van der Waals surface area contributed by atoms with E-state index in [2.05, 4.69) is 27.9 Å². The summed E-state index contributed by atoms with van der Waals surface area (Å²) in [6.07, 6.45) is 0. The van der Waals surface area contributed by atoms with Gasteiger partial charge in [-0.05, 0) is 65.9 Å². The molecule has 1 atom stereocenters. The van der Waals surface area contributed by atoms with Crippen LogP contribution in [0.2, 0.25) is 0 Å². The van der Waals surface area contributed by atoms with Crippen molar-refractivity contribution in [2.24, 2.45) is 0 Å². The van der Waals surface area contributed by atoms with Gasteiger partial charge in [0, 0.05) is 20.9 Å². The van der Waals surface area contributed by atoms with Crippen molar-refractivity contribution in [3.63, 3.8) is 0 Å². The molecule has 0 bridgehead atoms. The molecular weight excluding hydrogens is 341 g/mol. The lowest BCUT2D eigenvalue weighted by Crippen LogP contribution is -2.06. The highest BCUT2D eigenvalue weighted by molar-refractivity contribution is 14.1. The zero-order chi connectivity index (χ0) is 13.1. The minimum Gasteiger partial charge on any atom is -0.508 e. The molecule has 0 amide bonds. The summed E-state index contributed by atoms with van der Waals surface area (Å²) in [5.41, 5.74) is 1.75. The Hall–Kier alpha value is -1.43. The summed E-state index contributed by atoms with van der Waals surface area (Å²) in [6.45, 7) is 1.96. The van der Waals surface area contributed by atoms with E-state index in [0.717, 1.165) is 11.3 Å². The topological polar surface area (TPSA) is 52.5 Å². The van der Waals surface area contributed by atoms with Crippen molar-refractivity contribution < 1.29 is 10.2 Å². The fourth-order valence-electron chi connectivity index (χ4n) is 1.77. The number of phenols is 2. The Morgan fingerprint density at radius 3 is 2.33 bits per heavy atom. The molecule has 0 radical (unpaired) electrons. The molecule has 0 aliphatic heterocycles. The van der Waals surface area contributed by atoms with Crippen LogP contribution in [0.5, 0.6) is 11.5 Å². The molecule has 2 aromatic rings. The zero-order valence-electron chi connectivity index (χ0n) is 9.89. The van der Waals surface area contributed by atoms with Crippen LogP contribution in [0.15, 0.2) is 42.5 Å². The van der Waals surface area contributed by atoms with Crippen LogP contribution in [0.4, 0.5) is 5.69 Å².